The van der Waals surface area contributed by atoms with Gasteiger partial charge in [0, 0.05) is 25.9 Å². The van der Waals surface area contributed by atoms with E-state index in [-0.39, 0.29) is 30.2 Å². The van der Waals surface area contributed by atoms with Gasteiger partial charge in [-0.15, -0.1) is 12.4 Å². The molecule has 4 nitrogen and oxygen atoms in total. The van der Waals surface area contributed by atoms with Crippen molar-refractivity contribution in [1.82, 2.24) is 4.90 Å². The van der Waals surface area contributed by atoms with Gasteiger partial charge in [0.1, 0.15) is 17.7 Å². The molecular weight excluding hydrogens is 283 g/mol. The Morgan fingerprint density at radius 1 is 1.35 bits per heavy atom. The number of halogens is 2. The Labute approximate surface area is 124 Å². The van der Waals surface area contributed by atoms with Gasteiger partial charge in [-0.05, 0) is 31.2 Å². The quantitative estimate of drug-likeness (QED) is 0.928. The summed E-state index contributed by atoms with van der Waals surface area (Å²) in [5, 5.41) is 0. The highest BCUT2D eigenvalue weighted by Gasteiger charge is 2.25. The lowest BCUT2D eigenvalue weighted by Gasteiger charge is -2.33. The fourth-order valence-electron chi connectivity index (χ4n) is 2.19. The van der Waals surface area contributed by atoms with Gasteiger partial charge in [0.25, 0.3) is 0 Å². The molecule has 20 heavy (non-hydrogen) atoms. The van der Waals surface area contributed by atoms with Crippen LogP contribution in [0.2, 0.25) is 0 Å². The summed E-state index contributed by atoms with van der Waals surface area (Å²) in [6.45, 7) is 3.02. The number of carbonyl (C=O) groups excluding carboxylic acids is 1. The van der Waals surface area contributed by atoms with E-state index in [0.717, 1.165) is 12.8 Å². The lowest BCUT2D eigenvalue weighted by molar-refractivity contribution is -0.133. The van der Waals surface area contributed by atoms with Crippen LogP contribution in [0.5, 0.6) is 5.75 Å². The molecule has 1 fully saturated rings. The molecule has 0 aliphatic carbocycles. The van der Waals surface area contributed by atoms with Crippen LogP contribution in [0, 0.1) is 5.82 Å². The molecule has 0 aromatic heterocycles. The number of amides is 1. The third-order valence-electron chi connectivity index (χ3n) is 3.26. The molecule has 1 aliphatic rings. The molecule has 1 heterocycles. The van der Waals surface area contributed by atoms with Gasteiger partial charge in [0.2, 0.25) is 5.91 Å². The number of piperidine rings is 1. The molecule has 1 amide bonds. The summed E-state index contributed by atoms with van der Waals surface area (Å²) < 4.78 is 18.5. The van der Waals surface area contributed by atoms with Gasteiger partial charge in [-0.1, -0.05) is 0 Å². The second kappa shape index (κ2) is 7.45. The van der Waals surface area contributed by atoms with Crippen LogP contribution >= 0.6 is 12.4 Å². The number of rotatable bonds is 3. The van der Waals surface area contributed by atoms with Gasteiger partial charge in [-0.3, -0.25) is 4.79 Å². The molecular formula is C14H20ClFN2O2. The van der Waals surface area contributed by atoms with E-state index in [2.05, 4.69) is 0 Å². The molecule has 1 saturated heterocycles. The summed E-state index contributed by atoms with van der Waals surface area (Å²) in [6.07, 6.45) is 1.62. The predicted molar refractivity (Wildman–Crippen MR) is 77.5 cm³/mol. The van der Waals surface area contributed by atoms with Gasteiger partial charge in [0.05, 0.1) is 6.04 Å². The minimum Gasteiger partial charge on any atom is -0.490 e. The molecule has 1 aliphatic heterocycles. The van der Waals surface area contributed by atoms with E-state index in [0.29, 0.717) is 18.8 Å². The summed E-state index contributed by atoms with van der Waals surface area (Å²) in [5.74, 6) is 0.378. The first kappa shape index (κ1) is 16.7. The summed E-state index contributed by atoms with van der Waals surface area (Å²) in [4.78, 5) is 13.5. The SMILES string of the molecule is C[C@H](N)C(=O)N1CCC(Oc2ccc(F)cc2)CC1.Cl. The number of nitrogens with zero attached hydrogens (tertiary/aromatic N) is 1. The van der Waals surface area contributed by atoms with Crippen molar-refractivity contribution < 1.29 is 13.9 Å². The highest BCUT2D eigenvalue weighted by atomic mass is 35.5. The first-order valence-corrected chi connectivity index (χ1v) is 6.53. The van der Waals surface area contributed by atoms with Crippen LogP contribution in [0.4, 0.5) is 4.39 Å². The van der Waals surface area contributed by atoms with Crippen molar-refractivity contribution in [2.75, 3.05) is 13.1 Å². The molecule has 1 aromatic carbocycles. The van der Waals surface area contributed by atoms with Crippen LogP contribution in [0.15, 0.2) is 24.3 Å². The van der Waals surface area contributed by atoms with Gasteiger partial charge < -0.3 is 15.4 Å². The Kier molecular flexibility index (Phi) is 6.23. The maximum Gasteiger partial charge on any atom is 0.239 e. The van der Waals surface area contributed by atoms with Crippen molar-refractivity contribution in [3.63, 3.8) is 0 Å². The van der Waals surface area contributed by atoms with Crippen LogP contribution in [-0.2, 0) is 4.79 Å². The van der Waals surface area contributed by atoms with Gasteiger partial charge in [-0.25, -0.2) is 4.39 Å². The Hall–Kier alpha value is -1.33. The minimum absolute atomic E-state index is 0. The summed E-state index contributed by atoms with van der Waals surface area (Å²) in [5.41, 5.74) is 5.58. The smallest absolute Gasteiger partial charge is 0.239 e. The van der Waals surface area contributed by atoms with Crippen LogP contribution in [0.25, 0.3) is 0 Å². The summed E-state index contributed by atoms with van der Waals surface area (Å²) in [6, 6.07) is 5.55. The van der Waals surface area contributed by atoms with Crippen LogP contribution in [0.3, 0.4) is 0 Å². The van der Waals surface area contributed by atoms with Crippen molar-refractivity contribution in [2.45, 2.75) is 31.9 Å². The first-order chi connectivity index (χ1) is 9.06. The van der Waals surface area contributed by atoms with Crippen LogP contribution < -0.4 is 10.5 Å². The van der Waals surface area contributed by atoms with E-state index >= 15 is 0 Å². The van der Waals surface area contributed by atoms with Crippen LogP contribution in [0.1, 0.15) is 19.8 Å². The summed E-state index contributed by atoms with van der Waals surface area (Å²) >= 11 is 0. The largest absolute Gasteiger partial charge is 0.490 e. The standard InChI is InChI=1S/C14H19FN2O2.ClH/c1-10(16)14(18)17-8-6-13(7-9-17)19-12-4-2-11(15)3-5-12;/h2-5,10,13H,6-9,16H2,1H3;1H/t10-;/m0./s1. The van der Waals surface area contributed by atoms with Crippen molar-refractivity contribution in [3.05, 3.63) is 30.1 Å². The molecule has 0 bridgehead atoms. The molecule has 1 aromatic rings. The lowest BCUT2D eigenvalue weighted by atomic mass is 10.1. The number of hydrogen-bond acceptors (Lipinski definition) is 3. The molecule has 0 unspecified atom stereocenters. The van der Waals surface area contributed by atoms with Gasteiger partial charge >= 0.3 is 0 Å². The molecule has 2 rings (SSSR count). The lowest BCUT2D eigenvalue weighted by Crippen LogP contribution is -2.47. The number of nitrogens with two attached hydrogens (primary N) is 1. The Bertz CT molecular complexity index is 431. The highest BCUT2D eigenvalue weighted by Crippen LogP contribution is 2.19. The second-order valence-electron chi connectivity index (χ2n) is 4.89. The minimum atomic E-state index is -0.449. The molecule has 2 N–H and O–H groups in total. The monoisotopic (exact) mass is 302 g/mol. The highest BCUT2D eigenvalue weighted by molar-refractivity contribution is 5.85. The molecule has 1 atom stereocenters. The topological polar surface area (TPSA) is 55.6 Å². The maximum absolute atomic E-state index is 12.8. The van der Waals surface area contributed by atoms with E-state index in [4.69, 9.17) is 10.5 Å². The second-order valence-corrected chi connectivity index (χ2v) is 4.89. The van der Waals surface area contributed by atoms with E-state index < -0.39 is 6.04 Å². The van der Waals surface area contributed by atoms with Crippen molar-refractivity contribution in [2.24, 2.45) is 5.73 Å². The van der Waals surface area contributed by atoms with E-state index in [1.807, 2.05) is 0 Å². The zero-order valence-corrected chi connectivity index (χ0v) is 12.2. The molecule has 0 radical (unpaired) electrons. The first-order valence-electron chi connectivity index (χ1n) is 6.53. The molecule has 6 heteroatoms. The number of hydrogen-bond donors (Lipinski definition) is 1. The third kappa shape index (κ3) is 4.35. The number of ether oxygens (including phenoxy) is 1. The van der Waals surface area contributed by atoms with Gasteiger partial charge in [0.15, 0.2) is 0 Å². The van der Waals surface area contributed by atoms with E-state index in [9.17, 15) is 9.18 Å². The van der Waals surface area contributed by atoms with E-state index in [1.54, 1.807) is 24.0 Å². The third-order valence-corrected chi connectivity index (χ3v) is 3.26. The predicted octanol–water partition coefficient (Wildman–Crippen LogP) is 1.96. The average Bonchev–Trinajstić information content (AvgIpc) is 2.41. The fraction of sp³-hybridized carbons (Fsp3) is 0.500. The maximum atomic E-state index is 12.8. The molecule has 0 spiro atoms. The van der Waals surface area contributed by atoms with Gasteiger partial charge in [-0.2, -0.15) is 0 Å². The molecule has 0 saturated carbocycles. The van der Waals surface area contributed by atoms with Crippen molar-refractivity contribution in [3.8, 4) is 5.75 Å². The Balaban J connectivity index is 0.00000200. The average molecular weight is 303 g/mol. The normalized spacial score (nSPS) is 17.2. The zero-order valence-electron chi connectivity index (χ0n) is 11.4. The number of benzene rings is 1. The van der Waals surface area contributed by atoms with Crippen LogP contribution in [-0.4, -0.2) is 36.0 Å². The fourth-order valence-corrected chi connectivity index (χ4v) is 2.19. The van der Waals surface area contributed by atoms with Crippen molar-refractivity contribution >= 4 is 18.3 Å². The Morgan fingerprint density at radius 3 is 2.40 bits per heavy atom. The zero-order chi connectivity index (χ0) is 13.8. The number of carbonyl (C=O) groups is 1. The molecule has 112 valence electrons. The number of likely N-dealkylation sites (tertiary alicyclic amines) is 1. The van der Waals surface area contributed by atoms with E-state index in [1.165, 1.54) is 12.1 Å². The Morgan fingerprint density at radius 2 is 1.90 bits per heavy atom. The summed E-state index contributed by atoms with van der Waals surface area (Å²) in [7, 11) is 0. The van der Waals surface area contributed by atoms with Crippen molar-refractivity contribution in [1.29, 1.82) is 0 Å².